The number of nitrogens with zero attached hydrogens (tertiary/aromatic N) is 1. The van der Waals surface area contributed by atoms with E-state index in [1.807, 2.05) is 0 Å². The Labute approximate surface area is 144 Å². The lowest BCUT2D eigenvalue weighted by Gasteiger charge is -2.24. The molecule has 0 N–H and O–H groups in total. The molecule has 5 nitrogen and oxygen atoms in total. The minimum Gasteiger partial charge on any atom is -0.318 e. The summed E-state index contributed by atoms with van der Waals surface area (Å²) in [6.07, 6.45) is 0. The Balaban J connectivity index is 2.40. The molecule has 0 bridgehead atoms. The minimum absolute atomic E-state index is 0.226. The molecule has 0 spiro atoms. The van der Waals surface area contributed by atoms with Gasteiger partial charge in [0.15, 0.2) is 5.37 Å². The smallest absolute Gasteiger partial charge is 0.259 e. The number of halogens is 2. The molecule has 2 aromatic carbocycles. The van der Waals surface area contributed by atoms with E-state index in [1.54, 1.807) is 42.5 Å². The summed E-state index contributed by atoms with van der Waals surface area (Å²) in [5.74, 6) is 0. The van der Waals surface area contributed by atoms with Gasteiger partial charge in [-0.05, 0) is 30.3 Å². The van der Waals surface area contributed by atoms with Crippen LogP contribution in [0.2, 0.25) is 5.02 Å². The molecule has 0 aromatic heterocycles. The van der Waals surface area contributed by atoms with E-state index in [9.17, 15) is 16.8 Å². The molecule has 0 saturated carbocycles. The minimum atomic E-state index is -4.25. The predicted octanol–water partition coefficient (Wildman–Crippen LogP) is 2.79. The summed E-state index contributed by atoms with van der Waals surface area (Å²) >= 11 is 5.93. The Morgan fingerprint density at radius 2 is 1.70 bits per heavy atom. The first-order valence-corrected chi connectivity index (χ1v) is 10.2. The highest BCUT2D eigenvalue weighted by Gasteiger charge is 2.45. The summed E-state index contributed by atoms with van der Waals surface area (Å²) in [5, 5.41) is -1.24. The highest BCUT2D eigenvalue weighted by Crippen LogP contribution is 2.42. The van der Waals surface area contributed by atoms with Gasteiger partial charge in [0, 0.05) is 27.0 Å². The number of anilines is 2. The van der Waals surface area contributed by atoms with Gasteiger partial charge in [0.2, 0.25) is 10.3 Å². The number of benzene rings is 2. The van der Waals surface area contributed by atoms with Crippen molar-refractivity contribution in [2.45, 2.75) is 5.37 Å². The van der Waals surface area contributed by atoms with E-state index >= 15 is 0 Å². The first-order chi connectivity index (χ1) is 10.8. The number of hydrogen-bond acceptors (Lipinski definition) is 5. The average molecular weight is 390 g/mol. The summed E-state index contributed by atoms with van der Waals surface area (Å²) in [6, 6.07) is 13.1. The van der Waals surface area contributed by atoms with E-state index in [4.69, 9.17) is 22.3 Å². The van der Waals surface area contributed by atoms with Gasteiger partial charge in [-0.25, -0.2) is 8.42 Å². The molecule has 1 heterocycles. The molecule has 23 heavy (non-hydrogen) atoms. The molecule has 2 aromatic rings. The highest BCUT2D eigenvalue weighted by molar-refractivity contribution is 8.15. The van der Waals surface area contributed by atoms with Crippen LogP contribution in [0.25, 0.3) is 0 Å². The fraction of sp³-hybridized carbons (Fsp3) is 0.0714. The van der Waals surface area contributed by atoms with Crippen LogP contribution in [0.15, 0.2) is 48.5 Å². The average Bonchev–Trinajstić information content (AvgIpc) is 2.82. The molecule has 120 valence electrons. The van der Waals surface area contributed by atoms with Crippen molar-refractivity contribution in [3.05, 3.63) is 59.1 Å². The van der Waals surface area contributed by atoms with Crippen molar-refractivity contribution in [1.82, 2.24) is 0 Å². The molecule has 1 unspecified atom stereocenters. The molecule has 0 radical (unpaired) electrons. The normalized spacial score (nSPS) is 17.2. The van der Waals surface area contributed by atoms with Gasteiger partial charge in [-0.2, -0.15) is 8.42 Å². The van der Waals surface area contributed by atoms with E-state index in [-0.39, 0.29) is 10.4 Å². The van der Waals surface area contributed by atoms with Gasteiger partial charge in [-0.3, -0.25) is 0 Å². The van der Waals surface area contributed by atoms with E-state index in [0.717, 1.165) is 0 Å². The summed E-state index contributed by atoms with van der Waals surface area (Å²) in [5.41, 5.74) is 1.14. The molecular weight excluding hydrogens is 381 g/mol. The quantitative estimate of drug-likeness (QED) is 0.583. The lowest BCUT2D eigenvalue weighted by atomic mass is 10.1. The zero-order valence-corrected chi connectivity index (χ0v) is 14.5. The molecule has 0 amide bonds. The number of rotatable bonds is 2. The van der Waals surface area contributed by atoms with Crippen LogP contribution in [-0.2, 0) is 19.3 Å². The lowest BCUT2D eigenvalue weighted by Crippen LogP contribution is -2.37. The van der Waals surface area contributed by atoms with E-state index < -0.39 is 24.7 Å². The van der Waals surface area contributed by atoms with Crippen LogP contribution < -0.4 is 4.90 Å². The van der Waals surface area contributed by atoms with Crippen LogP contribution in [0.4, 0.5) is 11.4 Å². The molecule has 1 aliphatic rings. The standard InChI is InChI=1S/C14H9Cl2NO4S2/c15-9-6-7-12-11(8-9)13(22(18)19)14(23(16,20)21)17(12)10-4-2-1-3-5-10/h1-8,14H. The maximum Gasteiger partial charge on any atom is 0.259 e. The van der Waals surface area contributed by atoms with Crippen LogP contribution in [0.1, 0.15) is 5.56 Å². The summed E-state index contributed by atoms with van der Waals surface area (Å²) in [4.78, 5) is 1.06. The molecule has 0 fully saturated rings. The molecule has 1 atom stereocenters. The van der Waals surface area contributed by atoms with E-state index in [2.05, 4.69) is 0 Å². The van der Waals surface area contributed by atoms with Crippen molar-refractivity contribution in [1.29, 1.82) is 0 Å². The van der Waals surface area contributed by atoms with Crippen molar-refractivity contribution in [2.75, 3.05) is 4.90 Å². The Hall–Kier alpha value is -1.54. The van der Waals surface area contributed by atoms with Gasteiger partial charge >= 0.3 is 0 Å². The van der Waals surface area contributed by atoms with Crippen molar-refractivity contribution in [3.8, 4) is 0 Å². The third kappa shape index (κ3) is 2.85. The number of fused-ring (bicyclic) bond motifs is 1. The van der Waals surface area contributed by atoms with E-state index in [1.165, 1.54) is 11.0 Å². The molecule has 3 rings (SSSR count). The summed E-state index contributed by atoms with van der Waals surface area (Å²) in [7, 11) is -1.47. The molecular formula is C14H9Cl2NO4S2. The topological polar surface area (TPSA) is 71.5 Å². The Kier molecular flexibility index (Phi) is 4.14. The van der Waals surface area contributed by atoms with Gasteiger partial charge in [0.25, 0.3) is 9.05 Å². The van der Waals surface area contributed by atoms with Crippen molar-refractivity contribution in [3.63, 3.8) is 0 Å². The second kappa shape index (κ2) is 5.83. The van der Waals surface area contributed by atoms with Crippen LogP contribution in [0.3, 0.4) is 0 Å². The molecule has 0 saturated heterocycles. The fourth-order valence-electron chi connectivity index (χ4n) is 2.58. The third-order valence-electron chi connectivity index (χ3n) is 3.42. The zero-order valence-electron chi connectivity index (χ0n) is 11.3. The second-order valence-electron chi connectivity index (χ2n) is 4.79. The van der Waals surface area contributed by atoms with Crippen LogP contribution >= 0.6 is 22.3 Å². The molecule has 1 aliphatic heterocycles. The van der Waals surface area contributed by atoms with Crippen molar-refractivity contribution in [2.24, 2.45) is 0 Å². The summed E-state index contributed by atoms with van der Waals surface area (Å²) < 4.78 is 47.5. The first kappa shape index (κ1) is 16.3. The maximum atomic E-state index is 12.1. The predicted molar refractivity (Wildman–Crippen MR) is 91.6 cm³/mol. The second-order valence-corrected chi connectivity index (χ2v) is 8.83. The first-order valence-electron chi connectivity index (χ1n) is 6.34. The maximum absolute atomic E-state index is 12.1. The third-order valence-corrected chi connectivity index (χ3v) is 6.10. The van der Waals surface area contributed by atoms with Gasteiger partial charge in [-0.15, -0.1) is 0 Å². The number of hydrogen-bond donors (Lipinski definition) is 0. The number of para-hydroxylation sites is 1. The SMILES string of the molecule is O=S(=O)=C1c2cc(Cl)ccc2N(c2ccccc2)C1S(=O)(=O)Cl. The fourth-order valence-corrected chi connectivity index (χ4v) is 5.52. The zero-order chi connectivity index (χ0) is 16.8. The van der Waals surface area contributed by atoms with Gasteiger partial charge < -0.3 is 4.90 Å². The van der Waals surface area contributed by atoms with Crippen LogP contribution in [-0.4, -0.2) is 27.1 Å². The van der Waals surface area contributed by atoms with Crippen molar-refractivity contribution < 1.29 is 16.8 Å². The largest absolute Gasteiger partial charge is 0.318 e. The van der Waals surface area contributed by atoms with Crippen molar-refractivity contribution >= 4 is 57.9 Å². The summed E-state index contributed by atoms with van der Waals surface area (Å²) in [6.45, 7) is 0. The van der Waals surface area contributed by atoms with E-state index in [0.29, 0.717) is 16.4 Å². The Morgan fingerprint density at radius 3 is 2.26 bits per heavy atom. The van der Waals surface area contributed by atoms with Crippen LogP contribution in [0, 0.1) is 0 Å². The van der Waals surface area contributed by atoms with Gasteiger partial charge in [0.05, 0.1) is 5.69 Å². The van der Waals surface area contributed by atoms with Gasteiger partial charge in [0.1, 0.15) is 4.86 Å². The molecule has 9 heteroatoms. The Bertz CT molecular complexity index is 1010. The lowest BCUT2D eigenvalue weighted by molar-refractivity contribution is 0.604. The monoisotopic (exact) mass is 389 g/mol. The highest BCUT2D eigenvalue weighted by atomic mass is 35.7. The van der Waals surface area contributed by atoms with Crippen LogP contribution in [0.5, 0.6) is 0 Å². The Morgan fingerprint density at radius 1 is 1.04 bits per heavy atom. The molecule has 0 aliphatic carbocycles. The van der Waals surface area contributed by atoms with Gasteiger partial charge in [-0.1, -0.05) is 29.8 Å².